The molecule has 2 atom stereocenters. The minimum atomic E-state index is -0.890. The van der Waals surface area contributed by atoms with Crippen molar-refractivity contribution in [2.75, 3.05) is 26.7 Å². The molecule has 19 heavy (non-hydrogen) atoms. The summed E-state index contributed by atoms with van der Waals surface area (Å²) in [7, 11) is 1.26. The quantitative estimate of drug-likeness (QED) is 0.748. The van der Waals surface area contributed by atoms with E-state index in [0.29, 0.717) is 19.5 Å². The molecule has 0 aromatic carbocycles. The van der Waals surface area contributed by atoms with Crippen molar-refractivity contribution in [3.63, 3.8) is 0 Å². The van der Waals surface area contributed by atoms with E-state index in [2.05, 4.69) is 4.74 Å². The number of ether oxygens (including phenoxy) is 1. The van der Waals surface area contributed by atoms with Crippen molar-refractivity contribution in [2.45, 2.75) is 26.3 Å². The molecule has 0 aromatic rings. The van der Waals surface area contributed by atoms with Crippen molar-refractivity contribution >= 4 is 18.0 Å². The zero-order valence-electron chi connectivity index (χ0n) is 11.5. The number of urea groups is 1. The number of aliphatic carboxylic acids is 1. The van der Waals surface area contributed by atoms with Gasteiger partial charge in [-0.1, -0.05) is 0 Å². The van der Waals surface area contributed by atoms with Crippen molar-refractivity contribution in [1.82, 2.24) is 9.80 Å². The first-order valence-corrected chi connectivity index (χ1v) is 6.27. The predicted molar refractivity (Wildman–Crippen MR) is 66.6 cm³/mol. The molecule has 1 aliphatic heterocycles. The first-order valence-electron chi connectivity index (χ1n) is 6.27. The molecule has 0 spiro atoms. The maximum Gasteiger partial charge on any atom is 0.325 e. The van der Waals surface area contributed by atoms with Crippen molar-refractivity contribution in [2.24, 2.45) is 5.92 Å². The summed E-state index contributed by atoms with van der Waals surface area (Å²) >= 11 is 0. The standard InChI is InChI=1S/C12H20N2O5/c1-4-13(7-10(15)19-3)12(18)14-6-5-9(8(14)2)11(16)17/h8-9H,4-7H2,1-3H3,(H,16,17). The van der Waals surface area contributed by atoms with Crippen LogP contribution in [-0.2, 0) is 14.3 Å². The Balaban J connectivity index is 2.71. The number of hydrogen-bond donors (Lipinski definition) is 1. The van der Waals surface area contributed by atoms with Crippen LogP contribution in [0.25, 0.3) is 0 Å². The number of esters is 1. The van der Waals surface area contributed by atoms with E-state index in [0.717, 1.165) is 0 Å². The molecule has 0 saturated carbocycles. The molecule has 2 amide bonds. The molecule has 0 aliphatic carbocycles. The maximum atomic E-state index is 12.3. The van der Waals surface area contributed by atoms with E-state index in [1.165, 1.54) is 16.9 Å². The van der Waals surface area contributed by atoms with Gasteiger partial charge in [0.2, 0.25) is 0 Å². The smallest absolute Gasteiger partial charge is 0.325 e. The fourth-order valence-corrected chi connectivity index (χ4v) is 2.26. The summed E-state index contributed by atoms with van der Waals surface area (Å²) in [5, 5.41) is 9.04. The van der Waals surface area contributed by atoms with Crippen LogP contribution >= 0.6 is 0 Å². The fourth-order valence-electron chi connectivity index (χ4n) is 2.26. The molecule has 1 saturated heterocycles. The van der Waals surface area contributed by atoms with Gasteiger partial charge in [-0.2, -0.15) is 0 Å². The largest absolute Gasteiger partial charge is 0.481 e. The highest BCUT2D eigenvalue weighted by atomic mass is 16.5. The van der Waals surface area contributed by atoms with E-state index in [-0.39, 0.29) is 18.6 Å². The van der Waals surface area contributed by atoms with Gasteiger partial charge >= 0.3 is 18.0 Å². The van der Waals surface area contributed by atoms with Crippen LogP contribution in [0.5, 0.6) is 0 Å². The average Bonchev–Trinajstić information content (AvgIpc) is 2.76. The molecule has 2 unspecified atom stereocenters. The van der Waals surface area contributed by atoms with Crippen LogP contribution in [0.1, 0.15) is 20.3 Å². The number of carboxylic acids is 1. The van der Waals surface area contributed by atoms with Crippen LogP contribution in [0, 0.1) is 5.92 Å². The molecule has 0 radical (unpaired) electrons. The van der Waals surface area contributed by atoms with Crippen molar-refractivity contribution in [1.29, 1.82) is 0 Å². The number of rotatable bonds is 4. The van der Waals surface area contributed by atoms with E-state index in [1.807, 2.05) is 0 Å². The third-order valence-electron chi connectivity index (χ3n) is 3.52. The Morgan fingerprint density at radius 3 is 2.47 bits per heavy atom. The summed E-state index contributed by atoms with van der Waals surface area (Å²) < 4.78 is 4.54. The molecule has 7 nitrogen and oxygen atoms in total. The first-order chi connectivity index (χ1) is 8.92. The lowest BCUT2D eigenvalue weighted by molar-refractivity contribution is -0.143. The molecule has 1 aliphatic rings. The van der Waals surface area contributed by atoms with Crippen molar-refractivity contribution in [3.05, 3.63) is 0 Å². The van der Waals surface area contributed by atoms with E-state index in [9.17, 15) is 14.4 Å². The van der Waals surface area contributed by atoms with Crippen LogP contribution in [0.15, 0.2) is 0 Å². The number of amides is 2. The number of carbonyl (C=O) groups is 3. The van der Waals surface area contributed by atoms with E-state index >= 15 is 0 Å². The number of nitrogens with zero attached hydrogens (tertiary/aromatic N) is 2. The minimum absolute atomic E-state index is 0.118. The predicted octanol–water partition coefficient (Wildman–Crippen LogP) is 0.396. The third kappa shape index (κ3) is 3.36. The van der Waals surface area contributed by atoms with Crippen molar-refractivity contribution in [3.8, 4) is 0 Å². The number of methoxy groups -OCH3 is 1. The molecule has 1 rings (SSSR count). The summed E-state index contributed by atoms with van der Waals surface area (Å²) in [5.41, 5.74) is 0. The number of carboxylic acid groups (broad SMARTS) is 1. The SMILES string of the molecule is CCN(CC(=O)OC)C(=O)N1CCC(C(=O)O)C1C. The normalized spacial score (nSPS) is 22.2. The molecule has 1 heterocycles. The Kier molecular flexibility index (Phi) is 5.14. The van der Waals surface area contributed by atoms with Crippen LogP contribution in [0.3, 0.4) is 0 Å². The maximum absolute atomic E-state index is 12.3. The highest BCUT2D eigenvalue weighted by Gasteiger charge is 2.39. The number of likely N-dealkylation sites (tertiary alicyclic amines) is 1. The summed E-state index contributed by atoms with van der Waals surface area (Å²) in [5.74, 6) is -1.92. The van der Waals surface area contributed by atoms with Gasteiger partial charge in [-0.15, -0.1) is 0 Å². The number of carbonyl (C=O) groups excluding carboxylic acids is 2. The van der Waals surface area contributed by atoms with Gasteiger partial charge in [0.05, 0.1) is 13.0 Å². The van der Waals surface area contributed by atoms with Crippen LogP contribution in [0.4, 0.5) is 4.79 Å². The first kappa shape index (κ1) is 15.3. The molecule has 108 valence electrons. The topological polar surface area (TPSA) is 87.2 Å². The van der Waals surface area contributed by atoms with Gasteiger partial charge in [-0.3, -0.25) is 9.59 Å². The monoisotopic (exact) mass is 272 g/mol. The zero-order chi connectivity index (χ0) is 14.6. The van der Waals surface area contributed by atoms with E-state index < -0.39 is 17.9 Å². The molecule has 1 fully saturated rings. The van der Waals surface area contributed by atoms with Crippen LogP contribution in [-0.4, -0.2) is 65.7 Å². The van der Waals surface area contributed by atoms with Crippen LogP contribution in [0.2, 0.25) is 0 Å². The Hall–Kier alpha value is -1.79. The Morgan fingerprint density at radius 1 is 1.42 bits per heavy atom. The summed E-state index contributed by atoms with van der Waals surface area (Å²) in [6, 6.07) is -0.680. The molecular weight excluding hydrogens is 252 g/mol. The molecular formula is C12H20N2O5. The molecule has 7 heteroatoms. The lowest BCUT2D eigenvalue weighted by Gasteiger charge is -2.29. The third-order valence-corrected chi connectivity index (χ3v) is 3.52. The van der Waals surface area contributed by atoms with Gasteiger partial charge in [0, 0.05) is 19.1 Å². The van der Waals surface area contributed by atoms with Gasteiger partial charge < -0.3 is 19.6 Å². The molecule has 0 bridgehead atoms. The second-order valence-electron chi connectivity index (χ2n) is 4.54. The van der Waals surface area contributed by atoms with Crippen molar-refractivity contribution < 1.29 is 24.2 Å². The lowest BCUT2D eigenvalue weighted by atomic mass is 10.0. The Bertz CT molecular complexity index is 371. The van der Waals surface area contributed by atoms with Crippen LogP contribution < -0.4 is 0 Å². The van der Waals surface area contributed by atoms with E-state index in [1.54, 1.807) is 13.8 Å². The number of likely N-dealkylation sites (N-methyl/N-ethyl adjacent to an activating group) is 1. The van der Waals surface area contributed by atoms with Gasteiger partial charge in [0.1, 0.15) is 6.54 Å². The minimum Gasteiger partial charge on any atom is -0.481 e. The fraction of sp³-hybridized carbons (Fsp3) is 0.750. The Labute approximate surface area is 112 Å². The lowest BCUT2D eigenvalue weighted by Crippen LogP contribution is -2.47. The van der Waals surface area contributed by atoms with Gasteiger partial charge in [-0.05, 0) is 20.3 Å². The average molecular weight is 272 g/mol. The summed E-state index contributed by atoms with van der Waals surface area (Å²) in [6.07, 6.45) is 0.442. The summed E-state index contributed by atoms with van der Waals surface area (Å²) in [6.45, 7) is 4.13. The highest BCUT2D eigenvalue weighted by molar-refractivity contribution is 5.82. The number of hydrogen-bond acceptors (Lipinski definition) is 4. The van der Waals surface area contributed by atoms with Gasteiger partial charge in [0.25, 0.3) is 0 Å². The molecule has 1 N–H and O–H groups in total. The zero-order valence-corrected chi connectivity index (χ0v) is 11.5. The highest BCUT2D eigenvalue weighted by Crippen LogP contribution is 2.25. The Morgan fingerprint density at radius 2 is 2.05 bits per heavy atom. The summed E-state index contributed by atoms with van der Waals surface area (Å²) in [4.78, 5) is 37.4. The van der Waals surface area contributed by atoms with E-state index in [4.69, 9.17) is 5.11 Å². The second kappa shape index (κ2) is 6.40. The van der Waals surface area contributed by atoms with Gasteiger partial charge in [0.15, 0.2) is 0 Å². The second-order valence-corrected chi connectivity index (χ2v) is 4.54. The molecule has 0 aromatic heterocycles. The van der Waals surface area contributed by atoms with Gasteiger partial charge in [-0.25, -0.2) is 4.79 Å².